The molecule has 0 bridgehead atoms. The minimum absolute atomic E-state index is 0.0373. The number of carbonyl (C=O) groups excluding carboxylic acids is 1. The number of imidazole rings is 1. The number of benzene rings is 2. The second-order valence-corrected chi connectivity index (χ2v) is 6.73. The summed E-state index contributed by atoms with van der Waals surface area (Å²) < 4.78 is 1.69. The highest BCUT2D eigenvalue weighted by Crippen LogP contribution is 2.31. The van der Waals surface area contributed by atoms with Gasteiger partial charge in [-0.25, -0.2) is 9.78 Å². The third kappa shape index (κ3) is 4.32. The number of carboxylic acid groups (broad SMARTS) is 1. The zero-order chi connectivity index (χ0) is 21.8. The van der Waals surface area contributed by atoms with Gasteiger partial charge in [-0.15, -0.1) is 0 Å². The molecule has 2 aromatic carbocycles. The van der Waals surface area contributed by atoms with Crippen molar-refractivity contribution in [1.82, 2.24) is 9.55 Å². The molecular formula is C20H22N6O4. The van der Waals surface area contributed by atoms with Gasteiger partial charge in [0.15, 0.2) is 5.96 Å². The van der Waals surface area contributed by atoms with Gasteiger partial charge in [0.05, 0.1) is 16.6 Å². The number of nitrogens with zero attached hydrogens (tertiary/aromatic N) is 3. The largest absolute Gasteiger partial charge is 0.508 e. The maximum Gasteiger partial charge on any atom is 0.335 e. The van der Waals surface area contributed by atoms with Gasteiger partial charge in [0, 0.05) is 12.1 Å². The van der Waals surface area contributed by atoms with E-state index in [2.05, 4.69) is 9.98 Å². The van der Waals surface area contributed by atoms with Crippen LogP contribution in [0.25, 0.3) is 22.4 Å². The first-order valence-corrected chi connectivity index (χ1v) is 9.17. The fraction of sp³-hybridized carbons (Fsp3) is 0.200. The van der Waals surface area contributed by atoms with E-state index in [1.807, 2.05) is 0 Å². The van der Waals surface area contributed by atoms with Gasteiger partial charge in [-0.3, -0.25) is 9.79 Å². The number of carbonyl (C=O) groups is 2. The highest BCUT2D eigenvalue weighted by molar-refractivity contribution is 5.94. The highest BCUT2D eigenvalue weighted by Gasteiger charge is 2.25. The number of fused-ring (bicyclic) bond motifs is 1. The number of aromatic hydroxyl groups is 1. The normalized spacial score (nSPS) is 11.9. The summed E-state index contributed by atoms with van der Waals surface area (Å²) in [5, 5.41) is 18.9. The summed E-state index contributed by atoms with van der Waals surface area (Å²) in [5.74, 6) is -1.18. The predicted molar refractivity (Wildman–Crippen MR) is 112 cm³/mol. The van der Waals surface area contributed by atoms with Gasteiger partial charge in [0.1, 0.15) is 17.6 Å². The molecule has 8 N–H and O–H groups in total. The predicted octanol–water partition coefficient (Wildman–Crippen LogP) is 1.19. The molecule has 1 amide bonds. The number of hydrogen-bond donors (Lipinski definition) is 5. The zero-order valence-electron chi connectivity index (χ0n) is 16.0. The minimum atomic E-state index is -1.08. The molecule has 0 aliphatic carbocycles. The highest BCUT2D eigenvalue weighted by atomic mass is 16.4. The smallest absolute Gasteiger partial charge is 0.335 e. The summed E-state index contributed by atoms with van der Waals surface area (Å²) in [7, 11) is 0. The van der Waals surface area contributed by atoms with Gasteiger partial charge in [0.2, 0.25) is 5.91 Å². The molecule has 30 heavy (non-hydrogen) atoms. The van der Waals surface area contributed by atoms with E-state index >= 15 is 0 Å². The van der Waals surface area contributed by atoms with Crippen molar-refractivity contribution in [3.63, 3.8) is 0 Å². The Balaban J connectivity index is 2.13. The Morgan fingerprint density at radius 1 is 1.10 bits per heavy atom. The van der Waals surface area contributed by atoms with Crippen LogP contribution in [-0.4, -0.2) is 44.1 Å². The maximum atomic E-state index is 12.3. The summed E-state index contributed by atoms with van der Waals surface area (Å²) in [6, 6.07) is 10.0. The molecule has 0 fully saturated rings. The molecule has 3 aromatic rings. The SMILES string of the molecule is NC(=O)C(CCCN=C(N)N)n1c(-c2ccc(O)cc2)nc2cc(C(=O)O)ccc21. The standard InChI is InChI=1S/C20H22N6O4/c21-17(28)16(2-1-9-24-20(22)23)26-15-8-5-12(19(29)30)10-14(15)25-18(26)11-3-6-13(27)7-4-11/h3-8,10,16,27H,1-2,9H2,(H2,21,28)(H,29,30)(H4,22,23,24). The number of phenolic OH excluding ortho intramolecular Hbond substituents is 1. The molecule has 0 saturated heterocycles. The molecule has 1 heterocycles. The number of primary amides is 1. The number of nitrogens with two attached hydrogens (primary N) is 3. The van der Waals surface area contributed by atoms with E-state index in [1.165, 1.54) is 24.3 Å². The monoisotopic (exact) mass is 410 g/mol. The van der Waals surface area contributed by atoms with E-state index in [9.17, 15) is 19.8 Å². The average Bonchev–Trinajstić information content (AvgIpc) is 3.06. The van der Waals surface area contributed by atoms with E-state index in [1.54, 1.807) is 22.8 Å². The van der Waals surface area contributed by atoms with Gasteiger partial charge in [0.25, 0.3) is 0 Å². The summed E-state index contributed by atoms with van der Waals surface area (Å²) >= 11 is 0. The number of guanidine groups is 1. The van der Waals surface area contributed by atoms with E-state index in [4.69, 9.17) is 17.2 Å². The van der Waals surface area contributed by atoms with Crippen molar-refractivity contribution in [2.45, 2.75) is 18.9 Å². The molecule has 0 spiro atoms. The number of phenols is 1. The maximum absolute atomic E-state index is 12.3. The first-order chi connectivity index (χ1) is 14.3. The van der Waals surface area contributed by atoms with Crippen molar-refractivity contribution in [1.29, 1.82) is 0 Å². The number of hydrogen-bond acceptors (Lipinski definition) is 5. The lowest BCUT2D eigenvalue weighted by molar-refractivity contribution is -0.121. The Morgan fingerprint density at radius 2 is 1.80 bits per heavy atom. The molecule has 1 atom stereocenters. The number of rotatable bonds is 8. The number of aliphatic imine (C=N–C) groups is 1. The van der Waals surface area contributed by atoms with Crippen molar-refractivity contribution < 1.29 is 19.8 Å². The Labute approximate surface area is 171 Å². The van der Waals surface area contributed by atoms with Gasteiger partial charge >= 0.3 is 5.97 Å². The van der Waals surface area contributed by atoms with E-state index in [-0.39, 0.29) is 17.3 Å². The zero-order valence-corrected chi connectivity index (χ0v) is 16.0. The van der Waals surface area contributed by atoms with Crippen molar-refractivity contribution in [3.8, 4) is 17.1 Å². The first kappa shape index (κ1) is 20.6. The van der Waals surface area contributed by atoms with Crippen LogP contribution in [0.5, 0.6) is 5.75 Å². The Morgan fingerprint density at radius 3 is 2.40 bits per heavy atom. The number of amides is 1. The van der Waals surface area contributed by atoms with Gasteiger partial charge in [-0.2, -0.15) is 0 Å². The van der Waals surface area contributed by atoms with Crippen LogP contribution in [-0.2, 0) is 4.79 Å². The third-order valence-electron chi connectivity index (χ3n) is 4.63. The molecule has 0 radical (unpaired) electrons. The molecule has 0 aliphatic heterocycles. The Hall–Kier alpha value is -4.08. The Bertz CT molecular complexity index is 1120. The van der Waals surface area contributed by atoms with E-state index < -0.39 is 17.9 Å². The van der Waals surface area contributed by atoms with Crippen LogP contribution in [0.2, 0.25) is 0 Å². The molecule has 1 aromatic heterocycles. The third-order valence-corrected chi connectivity index (χ3v) is 4.63. The molecule has 10 nitrogen and oxygen atoms in total. The quantitative estimate of drug-likeness (QED) is 0.210. The lowest BCUT2D eigenvalue weighted by Crippen LogP contribution is -2.27. The number of aromatic nitrogens is 2. The molecule has 3 rings (SSSR count). The summed E-state index contributed by atoms with van der Waals surface area (Å²) in [5.41, 5.74) is 18.1. The van der Waals surface area contributed by atoms with Gasteiger partial charge in [-0.1, -0.05) is 0 Å². The van der Waals surface area contributed by atoms with Crippen LogP contribution in [0.1, 0.15) is 29.2 Å². The van der Waals surface area contributed by atoms with Crippen LogP contribution in [0, 0.1) is 0 Å². The fourth-order valence-electron chi connectivity index (χ4n) is 3.25. The van der Waals surface area contributed by atoms with Crippen molar-refractivity contribution in [3.05, 3.63) is 48.0 Å². The molecule has 10 heteroatoms. The molecule has 1 unspecified atom stereocenters. The van der Waals surface area contributed by atoms with E-state index in [0.717, 1.165) is 0 Å². The summed E-state index contributed by atoms with van der Waals surface area (Å²) in [6.45, 7) is 0.330. The van der Waals surface area contributed by atoms with E-state index in [0.29, 0.717) is 41.8 Å². The average molecular weight is 410 g/mol. The first-order valence-electron chi connectivity index (χ1n) is 9.17. The van der Waals surface area contributed by atoms with Crippen LogP contribution < -0.4 is 17.2 Å². The van der Waals surface area contributed by atoms with Gasteiger partial charge < -0.3 is 32.0 Å². The summed E-state index contributed by atoms with van der Waals surface area (Å²) in [6.07, 6.45) is 0.844. The number of carboxylic acids is 1. The van der Waals surface area contributed by atoms with Crippen LogP contribution >= 0.6 is 0 Å². The number of aromatic carboxylic acids is 1. The lowest BCUT2D eigenvalue weighted by Gasteiger charge is -2.19. The summed E-state index contributed by atoms with van der Waals surface area (Å²) in [4.78, 5) is 32.2. The molecule has 156 valence electrons. The van der Waals surface area contributed by atoms with Crippen LogP contribution in [0.4, 0.5) is 0 Å². The second-order valence-electron chi connectivity index (χ2n) is 6.73. The topological polar surface area (TPSA) is 183 Å². The van der Waals surface area contributed by atoms with Crippen LogP contribution in [0.3, 0.4) is 0 Å². The fourth-order valence-corrected chi connectivity index (χ4v) is 3.25. The van der Waals surface area contributed by atoms with Crippen molar-refractivity contribution >= 4 is 28.9 Å². The van der Waals surface area contributed by atoms with Crippen molar-refractivity contribution in [2.24, 2.45) is 22.2 Å². The second kappa shape index (κ2) is 8.52. The Kier molecular flexibility index (Phi) is 5.86. The minimum Gasteiger partial charge on any atom is -0.508 e. The lowest BCUT2D eigenvalue weighted by atomic mass is 10.1. The van der Waals surface area contributed by atoms with Crippen LogP contribution in [0.15, 0.2) is 47.5 Å². The molecule has 0 aliphatic rings. The molecule has 0 saturated carbocycles. The van der Waals surface area contributed by atoms with Crippen molar-refractivity contribution in [2.75, 3.05) is 6.54 Å². The molecular weight excluding hydrogens is 388 g/mol. The van der Waals surface area contributed by atoms with Gasteiger partial charge in [-0.05, 0) is 55.3 Å².